The molecule has 6 heteroatoms. The second-order valence-corrected chi connectivity index (χ2v) is 6.38. The van der Waals surface area contributed by atoms with E-state index in [-0.39, 0.29) is 0 Å². The van der Waals surface area contributed by atoms with Crippen molar-refractivity contribution in [1.29, 1.82) is 0 Å². The standard InChI is InChI=1S/C18H38N4O2/c1-4-5-13-23-15-16-24-14-10-21-18(19-3)20-9-12-22-11-7-6-8-17(22)2/h17H,4-16H2,1-3H3,(H2,19,20,21). The first kappa shape index (κ1) is 21.2. The van der Waals surface area contributed by atoms with Crippen LogP contribution < -0.4 is 10.6 Å². The first-order chi connectivity index (χ1) is 11.8. The van der Waals surface area contributed by atoms with Gasteiger partial charge >= 0.3 is 0 Å². The molecule has 1 fully saturated rings. The molecular formula is C18H38N4O2. The van der Waals surface area contributed by atoms with Crippen LogP contribution in [0.2, 0.25) is 0 Å². The molecule has 1 rings (SSSR count). The zero-order valence-corrected chi connectivity index (χ0v) is 16.0. The van der Waals surface area contributed by atoms with Crippen LogP contribution in [0.1, 0.15) is 46.0 Å². The molecular weight excluding hydrogens is 304 g/mol. The van der Waals surface area contributed by atoms with Gasteiger partial charge in [0, 0.05) is 39.3 Å². The van der Waals surface area contributed by atoms with E-state index in [0.29, 0.717) is 25.9 Å². The molecule has 2 N–H and O–H groups in total. The minimum absolute atomic E-state index is 0.657. The number of aliphatic imine (C=N–C) groups is 1. The molecule has 0 saturated carbocycles. The maximum Gasteiger partial charge on any atom is 0.191 e. The average Bonchev–Trinajstić information content (AvgIpc) is 2.60. The maximum atomic E-state index is 5.54. The SMILES string of the molecule is CCCCOCCOCCNC(=NC)NCCN1CCCCC1C. The Labute approximate surface area is 148 Å². The number of rotatable bonds is 12. The molecule has 24 heavy (non-hydrogen) atoms. The van der Waals surface area contributed by atoms with E-state index in [9.17, 15) is 0 Å². The van der Waals surface area contributed by atoms with Crippen molar-refractivity contribution in [3.8, 4) is 0 Å². The number of ether oxygens (including phenoxy) is 2. The molecule has 0 aromatic rings. The van der Waals surface area contributed by atoms with Gasteiger partial charge in [-0.05, 0) is 32.7 Å². The first-order valence-corrected chi connectivity index (χ1v) is 9.62. The number of guanidine groups is 1. The van der Waals surface area contributed by atoms with Crippen LogP contribution in [0.5, 0.6) is 0 Å². The van der Waals surface area contributed by atoms with Gasteiger partial charge in [0.25, 0.3) is 0 Å². The lowest BCUT2D eigenvalue weighted by molar-refractivity contribution is 0.0487. The Morgan fingerprint density at radius 1 is 1.08 bits per heavy atom. The normalized spacial score (nSPS) is 19.5. The fourth-order valence-corrected chi connectivity index (χ4v) is 2.84. The molecule has 1 atom stereocenters. The number of unbranched alkanes of at least 4 members (excludes halogenated alkanes) is 1. The summed E-state index contributed by atoms with van der Waals surface area (Å²) in [5, 5.41) is 6.66. The van der Waals surface area contributed by atoms with Gasteiger partial charge < -0.3 is 20.1 Å². The predicted molar refractivity (Wildman–Crippen MR) is 101 cm³/mol. The smallest absolute Gasteiger partial charge is 0.191 e. The maximum absolute atomic E-state index is 5.54. The van der Waals surface area contributed by atoms with E-state index in [4.69, 9.17) is 9.47 Å². The van der Waals surface area contributed by atoms with Gasteiger partial charge in [0.2, 0.25) is 0 Å². The monoisotopic (exact) mass is 342 g/mol. The fraction of sp³-hybridized carbons (Fsp3) is 0.944. The predicted octanol–water partition coefficient (Wildman–Crippen LogP) is 1.86. The Morgan fingerprint density at radius 2 is 1.83 bits per heavy atom. The third-order valence-electron chi connectivity index (χ3n) is 4.41. The quantitative estimate of drug-likeness (QED) is 0.322. The van der Waals surface area contributed by atoms with Crippen LogP contribution in [0.15, 0.2) is 4.99 Å². The van der Waals surface area contributed by atoms with Gasteiger partial charge in [-0.25, -0.2) is 0 Å². The van der Waals surface area contributed by atoms with Gasteiger partial charge in [-0.1, -0.05) is 19.8 Å². The lowest BCUT2D eigenvalue weighted by Gasteiger charge is -2.33. The van der Waals surface area contributed by atoms with Crippen LogP contribution in [-0.4, -0.2) is 76.6 Å². The summed E-state index contributed by atoms with van der Waals surface area (Å²) in [6.45, 7) is 11.3. The minimum Gasteiger partial charge on any atom is -0.379 e. The van der Waals surface area contributed by atoms with Gasteiger partial charge in [0.1, 0.15) is 0 Å². The molecule has 0 bridgehead atoms. The molecule has 0 aromatic heterocycles. The summed E-state index contributed by atoms with van der Waals surface area (Å²) in [5.41, 5.74) is 0. The fourth-order valence-electron chi connectivity index (χ4n) is 2.84. The summed E-state index contributed by atoms with van der Waals surface area (Å²) in [7, 11) is 1.81. The van der Waals surface area contributed by atoms with Crippen LogP contribution in [0.4, 0.5) is 0 Å². The highest BCUT2D eigenvalue weighted by Crippen LogP contribution is 2.15. The molecule has 1 saturated heterocycles. The van der Waals surface area contributed by atoms with Gasteiger partial charge in [-0.15, -0.1) is 0 Å². The van der Waals surface area contributed by atoms with Crippen molar-refractivity contribution >= 4 is 5.96 Å². The van der Waals surface area contributed by atoms with E-state index in [1.165, 1.54) is 32.2 Å². The van der Waals surface area contributed by atoms with Gasteiger partial charge in [-0.3, -0.25) is 9.89 Å². The highest BCUT2D eigenvalue weighted by atomic mass is 16.5. The topological polar surface area (TPSA) is 58.1 Å². The number of nitrogens with one attached hydrogen (secondary N) is 2. The molecule has 1 aliphatic rings. The first-order valence-electron chi connectivity index (χ1n) is 9.62. The Kier molecular flexibility index (Phi) is 12.8. The Balaban J connectivity index is 1.96. The summed E-state index contributed by atoms with van der Waals surface area (Å²) in [5.74, 6) is 0.849. The van der Waals surface area contributed by atoms with E-state index >= 15 is 0 Å². The van der Waals surface area contributed by atoms with Crippen LogP contribution in [-0.2, 0) is 9.47 Å². The van der Waals surface area contributed by atoms with E-state index < -0.39 is 0 Å². The Hall–Kier alpha value is -0.850. The number of hydrogen-bond donors (Lipinski definition) is 2. The van der Waals surface area contributed by atoms with E-state index in [2.05, 4.69) is 34.4 Å². The summed E-state index contributed by atoms with van der Waals surface area (Å²) in [4.78, 5) is 6.81. The van der Waals surface area contributed by atoms with Crippen molar-refractivity contribution in [2.75, 3.05) is 59.7 Å². The largest absolute Gasteiger partial charge is 0.379 e. The van der Waals surface area contributed by atoms with Crippen molar-refractivity contribution in [3.63, 3.8) is 0 Å². The molecule has 0 aliphatic carbocycles. The third-order valence-corrected chi connectivity index (χ3v) is 4.41. The minimum atomic E-state index is 0.657. The zero-order valence-electron chi connectivity index (χ0n) is 16.0. The number of hydrogen-bond acceptors (Lipinski definition) is 4. The van der Waals surface area contributed by atoms with Crippen molar-refractivity contribution in [2.45, 2.75) is 52.0 Å². The number of likely N-dealkylation sites (tertiary alicyclic amines) is 1. The molecule has 0 aromatic carbocycles. The van der Waals surface area contributed by atoms with Crippen molar-refractivity contribution in [3.05, 3.63) is 0 Å². The van der Waals surface area contributed by atoms with Crippen molar-refractivity contribution < 1.29 is 9.47 Å². The van der Waals surface area contributed by atoms with Gasteiger partial charge in [0.15, 0.2) is 5.96 Å². The molecule has 0 spiro atoms. The lowest BCUT2D eigenvalue weighted by Crippen LogP contribution is -2.45. The van der Waals surface area contributed by atoms with E-state index in [0.717, 1.165) is 38.6 Å². The summed E-state index contributed by atoms with van der Waals surface area (Å²) in [6, 6.07) is 0.712. The zero-order chi connectivity index (χ0) is 17.5. The second kappa shape index (κ2) is 14.5. The number of piperidine rings is 1. The van der Waals surface area contributed by atoms with E-state index in [1.54, 1.807) is 7.05 Å². The number of nitrogens with zero attached hydrogens (tertiary/aromatic N) is 2. The van der Waals surface area contributed by atoms with Gasteiger partial charge in [0.05, 0.1) is 19.8 Å². The highest BCUT2D eigenvalue weighted by Gasteiger charge is 2.17. The molecule has 1 heterocycles. The van der Waals surface area contributed by atoms with E-state index in [1.807, 2.05) is 0 Å². The summed E-state index contributed by atoms with van der Waals surface area (Å²) >= 11 is 0. The van der Waals surface area contributed by atoms with Crippen LogP contribution >= 0.6 is 0 Å². The third kappa shape index (κ3) is 10.1. The van der Waals surface area contributed by atoms with Crippen LogP contribution in [0.3, 0.4) is 0 Å². The van der Waals surface area contributed by atoms with Crippen molar-refractivity contribution in [1.82, 2.24) is 15.5 Å². The molecule has 6 nitrogen and oxygen atoms in total. The highest BCUT2D eigenvalue weighted by molar-refractivity contribution is 5.79. The second-order valence-electron chi connectivity index (χ2n) is 6.38. The average molecular weight is 343 g/mol. The molecule has 1 aliphatic heterocycles. The molecule has 142 valence electrons. The van der Waals surface area contributed by atoms with Gasteiger partial charge in [-0.2, -0.15) is 0 Å². The summed E-state index contributed by atoms with van der Waals surface area (Å²) in [6.07, 6.45) is 6.33. The Morgan fingerprint density at radius 3 is 2.54 bits per heavy atom. The molecule has 1 unspecified atom stereocenters. The van der Waals surface area contributed by atoms with Crippen LogP contribution in [0.25, 0.3) is 0 Å². The lowest BCUT2D eigenvalue weighted by atomic mass is 10.0. The molecule has 0 amide bonds. The molecule has 0 radical (unpaired) electrons. The van der Waals surface area contributed by atoms with Crippen LogP contribution in [0, 0.1) is 0 Å². The van der Waals surface area contributed by atoms with Crippen molar-refractivity contribution in [2.24, 2.45) is 4.99 Å². The summed E-state index contributed by atoms with van der Waals surface area (Å²) < 4.78 is 11.0. The Bertz CT molecular complexity index is 326.